The molecule has 0 saturated carbocycles. The first-order valence-electron chi connectivity index (χ1n) is 7.22. The van der Waals surface area contributed by atoms with Crippen molar-refractivity contribution in [2.75, 3.05) is 11.4 Å². The maximum absolute atomic E-state index is 11.6. The van der Waals surface area contributed by atoms with E-state index >= 15 is 0 Å². The maximum Gasteiger partial charge on any atom is 0.160 e. The van der Waals surface area contributed by atoms with Crippen LogP contribution >= 0.6 is 15.9 Å². The highest BCUT2D eigenvalue weighted by Crippen LogP contribution is 2.36. The van der Waals surface area contributed by atoms with Gasteiger partial charge in [0.05, 0.1) is 0 Å². The summed E-state index contributed by atoms with van der Waals surface area (Å²) in [6, 6.07) is 14.6. The number of anilines is 2. The molecule has 1 heterocycles. The molecule has 3 heteroatoms. The SMILES string of the molecule is CC(=O)c1ccc(N2CC(C)Cc3ccccc32)cc1Br. The molecule has 0 N–H and O–H groups in total. The number of halogens is 1. The topological polar surface area (TPSA) is 20.3 Å². The van der Waals surface area contributed by atoms with Gasteiger partial charge in [0.1, 0.15) is 0 Å². The van der Waals surface area contributed by atoms with Crippen LogP contribution < -0.4 is 4.90 Å². The van der Waals surface area contributed by atoms with Gasteiger partial charge in [-0.3, -0.25) is 4.79 Å². The number of nitrogens with zero attached hydrogens (tertiary/aromatic N) is 1. The van der Waals surface area contributed by atoms with Crippen molar-refractivity contribution < 1.29 is 4.79 Å². The Morgan fingerprint density at radius 3 is 2.71 bits per heavy atom. The fourth-order valence-corrected chi connectivity index (χ4v) is 3.64. The maximum atomic E-state index is 11.6. The van der Waals surface area contributed by atoms with Crippen molar-refractivity contribution >= 4 is 33.1 Å². The lowest BCUT2D eigenvalue weighted by Gasteiger charge is -2.35. The number of hydrogen-bond donors (Lipinski definition) is 0. The van der Waals surface area contributed by atoms with Crippen LogP contribution in [0, 0.1) is 5.92 Å². The van der Waals surface area contributed by atoms with Crippen molar-refractivity contribution in [2.24, 2.45) is 5.92 Å². The summed E-state index contributed by atoms with van der Waals surface area (Å²) in [6.45, 7) is 4.88. The minimum Gasteiger partial charge on any atom is -0.341 e. The largest absolute Gasteiger partial charge is 0.341 e. The zero-order valence-corrected chi connectivity index (χ0v) is 13.9. The van der Waals surface area contributed by atoms with Gasteiger partial charge < -0.3 is 4.90 Å². The fourth-order valence-electron chi connectivity index (χ4n) is 3.00. The van der Waals surface area contributed by atoms with Gasteiger partial charge in [0.2, 0.25) is 0 Å². The quantitative estimate of drug-likeness (QED) is 0.716. The third kappa shape index (κ3) is 2.75. The molecule has 0 aliphatic carbocycles. The molecule has 1 unspecified atom stereocenters. The van der Waals surface area contributed by atoms with Crippen LogP contribution in [0.4, 0.5) is 11.4 Å². The van der Waals surface area contributed by atoms with Crippen molar-refractivity contribution in [3.63, 3.8) is 0 Å². The molecule has 0 amide bonds. The monoisotopic (exact) mass is 343 g/mol. The average Bonchev–Trinajstić information content (AvgIpc) is 2.45. The van der Waals surface area contributed by atoms with E-state index in [-0.39, 0.29) is 5.78 Å². The molecule has 0 bridgehead atoms. The van der Waals surface area contributed by atoms with Gasteiger partial charge in [-0.15, -0.1) is 0 Å². The lowest BCUT2D eigenvalue weighted by atomic mass is 9.93. The summed E-state index contributed by atoms with van der Waals surface area (Å²) >= 11 is 3.52. The summed E-state index contributed by atoms with van der Waals surface area (Å²) in [7, 11) is 0. The molecule has 2 aromatic rings. The third-order valence-electron chi connectivity index (χ3n) is 3.99. The summed E-state index contributed by atoms with van der Waals surface area (Å²) in [5.74, 6) is 0.701. The Morgan fingerprint density at radius 1 is 1.24 bits per heavy atom. The molecule has 0 fully saturated rings. The summed E-state index contributed by atoms with van der Waals surface area (Å²) < 4.78 is 0.864. The molecular formula is C18H18BrNO. The second-order valence-electron chi connectivity index (χ2n) is 5.77. The number of carbonyl (C=O) groups excluding carboxylic acids is 1. The van der Waals surface area contributed by atoms with Crippen molar-refractivity contribution in [3.8, 4) is 0 Å². The number of benzene rings is 2. The normalized spacial score (nSPS) is 17.5. The number of rotatable bonds is 2. The van der Waals surface area contributed by atoms with Crippen molar-refractivity contribution in [1.82, 2.24) is 0 Å². The summed E-state index contributed by atoms with van der Waals surface area (Å²) in [5.41, 5.74) is 4.53. The minimum absolute atomic E-state index is 0.0841. The Labute approximate surface area is 133 Å². The van der Waals surface area contributed by atoms with Crippen LogP contribution in [0.3, 0.4) is 0 Å². The molecule has 21 heavy (non-hydrogen) atoms. The highest BCUT2D eigenvalue weighted by Gasteiger charge is 2.23. The predicted molar refractivity (Wildman–Crippen MR) is 90.5 cm³/mol. The van der Waals surface area contributed by atoms with Gasteiger partial charge in [0.15, 0.2) is 5.78 Å². The number of carbonyl (C=O) groups is 1. The molecular weight excluding hydrogens is 326 g/mol. The van der Waals surface area contributed by atoms with Crippen LogP contribution in [0.5, 0.6) is 0 Å². The lowest BCUT2D eigenvalue weighted by molar-refractivity contribution is 0.101. The van der Waals surface area contributed by atoms with Crippen molar-refractivity contribution in [2.45, 2.75) is 20.3 Å². The second kappa shape index (κ2) is 5.64. The van der Waals surface area contributed by atoms with Crippen molar-refractivity contribution in [1.29, 1.82) is 0 Å². The predicted octanol–water partition coefficient (Wildman–Crippen LogP) is 4.98. The summed E-state index contributed by atoms with van der Waals surface area (Å²) in [6.07, 6.45) is 1.12. The van der Waals surface area contributed by atoms with Gasteiger partial charge in [0, 0.05) is 28.0 Å². The summed E-state index contributed by atoms with van der Waals surface area (Å²) in [5, 5.41) is 0. The lowest BCUT2D eigenvalue weighted by Crippen LogP contribution is -2.30. The Kier molecular flexibility index (Phi) is 3.85. The Balaban J connectivity index is 2.05. The molecule has 1 atom stereocenters. The van der Waals surface area contributed by atoms with E-state index in [9.17, 15) is 4.79 Å². The van der Waals surface area contributed by atoms with Crippen LogP contribution in [-0.4, -0.2) is 12.3 Å². The molecule has 108 valence electrons. The van der Waals surface area contributed by atoms with E-state index in [0.717, 1.165) is 28.7 Å². The van der Waals surface area contributed by atoms with E-state index in [0.29, 0.717) is 5.92 Å². The third-order valence-corrected chi connectivity index (χ3v) is 4.64. The first kappa shape index (κ1) is 14.3. The van der Waals surface area contributed by atoms with E-state index in [1.807, 2.05) is 18.2 Å². The van der Waals surface area contributed by atoms with Gasteiger partial charge in [-0.2, -0.15) is 0 Å². The molecule has 0 aromatic heterocycles. The van der Waals surface area contributed by atoms with Gasteiger partial charge in [-0.1, -0.05) is 25.1 Å². The van der Waals surface area contributed by atoms with E-state index in [4.69, 9.17) is 0 Å². The van der Waals surface area contributed by atoms with Gasteiger partial charge in [-0.05, 0) is 65.0 Å². The molecule has 0 radical (unpaired) electrons. The number of hydrogen-bond acceptors (Lipinski definition) is 2. The zero-order chi connectivity index (χ0) is 15.0. The van der Waals surface area contributed by atoms with E-state index in [1.165, 1.54) is 11.3 Å². The number of ketones is 1. The Morgan fingerprint density at radius 2 is 2.00 bits per heavy atom. The smallest absolute Gasteiger partial charge is 0.160 e. The van der Waals surface area contributed by atoms with Crippen LogP contribution in [0.15, 0.2) is 46.9 Å². The molecule has 3 rings (SSSR count). The van der Waals surface area contributed by atoms with E-state index in [2.05, 4.69) is 52.0 Å². The van der Waals surface area contributed by atoms with Gasteiger partial charge >= 0.3 is 0 Å². The first-order chi connectivity index (χ1) is 10.1. The molecule has 1 aliphatic rings. The fraction of sp³-hybridized carbons (Fsp3) is 0.278. The highest BCUT2D eigenvalue weighted by atomic mass is 79.9. The molecule has 0 spiro atoms. The number of para-hydroxylation sites is 1. The Hall–Kier alpha value is -1.61. The van der Waals surface area contributed by atoms with Gasteiger partial charge in [0.25, 0.3) is 0 Å². The molecule has 2 aromatic carbocycles. The van der Waals surface area contributed by atoms with Crippen molar-refractivity contribution in [3.05, 3.63) is 58.1 Å². The Bertz CT molecular complexity index is 695. The minimum atomic E-state index is 0.0841. The number of fused-ring (bicyclic) bond motifs is 1. The van der Waals surface area contributed by atoms with E-state index < -0.39 is 0 Å². The standard InChI is InChI=1S/C18H18BrNO/c1-12-9-14-5-3-4-6-18(14)20(11-12)15-7-8-16(13(2)21)17(19)10-15/h3-8,10,12H,9,11H2,1-2H3. The highest BCUT2D eigenvalue weighted by molar-refractivity contribution is 9.10. The van der Waals surface area contributed by atoms with Gasteiger partial charge in [-0.25, -0.2) is 0 Å². The van der Waals surface area contributed by atoms with Crippen LogP contribution in [0.25, 0.3) is 0 Å². The van der Waals surface area contributed by atoms with E-state index in [1.54, 1.807) is 6.92 Å². The van der Waals surface area contributed by atoms with Crippen LogP contribution in [-0.2, 0) is 6.42 Å². The summed E-state index contributed by atoms with van der Waals surface area (Å²) in [4.78, 5) is 13.9. The molecule has 0 saturated heterocycles. The number of Topliss-reactive ketones (excluding diaryl/α,β-unsaturated/α-hetero) is 1. The second-order valence-corrected chi connectivity index (χ2v) is 6.62. The first-order valence-corrected chi connectivity index (χ1v) is 8.01. The zero-order valence-electron chi connectivity index (χ0n) is 12.3. The van der Waals surface area contributed by atoms with Crippen LogP contribution in [0.1, 0.15) is 29.8 Å². The molecule has 2 nitrogen and oxygen atoms in total. The van der Waals surface area contributed by atoms with Crippen LogP contribution in [0.2, 0.25) is 0 Å². The average molecular weight is 344 g/mol. The molecule has 1 aliphatic heterocycles.